The van der Waals surface area contributed by atoms with E-state index in [1.165, 1.54) is 14.1 Å². The smallest absolute Gasteiger partial charge is 0.346 e. The fraction of sp³-hybridized carbons (Fsp3) is 0.667. The van der Waals surface area contributed by atoms with Crippen molar-refractivity contribution in [2.24, 2.45) is 14.1 Å². The van der Waals surface area contributed by atoms with Gasteiger partial charge in [0, 0.05) is 20.7 Å². The molecule has 0 aromatic carbocycles. The van der Waals surface area contributed by atoms with E-state index in [-0.39, 0.29) is 11.9 Å². The topological polar surface area (TPSA) is 78.2 Å². The number of nitrogens with zero attached hydrogens (tertiary/aromatic N) is 3. The molecule has 0 aliphatic carbocycles. The first-order valence-electron chi connectivity index (χ1n) is 5.08. The van der Waals surface area contributed by atoms with Crippen LogP contribution in [0.15, 0.2) is 9.59 Å². The van der Waals surface area contributed by atoms with Gasteiger partial charge >= 0.3 is 5.69 Å². The van der Waals surface area contributed by atoms with Crippen LogP contribution in [-0.4, -0.2) is 33.6 Å². The minimum absolute atomic E-state index is 0.0951. The number of anilines is 1. The monoisotopic (exact) mass is 226 g/mol. The molecule has 88 valence electrons. The molecule has 2 heterocycles. The van der Waals surface area contributed by atoms with E-state index in [0.717, 1.165) is 15.7 Å². The highest BCUT2D eigenvalue weighted by Gasteiger charge is 2.18. The molecule has 1 N–H and O–H groups in total. The maximum Gasteiger partial charge on any atom is 0.346 e. The highest BCUT2D eigenvalue weighted by molar-refractivity contribution is 5.31. The van der Waals surface area contributed by atoms with Gasteiger partial charge < -0.3 is 10.1 Å². The number of hydrogen-bond donors (Lipinski definition) is 1. The van der Waals surface area contributed by atoms with Crippen LogP contribution in [0, 0.1) is 0 Å². The van der Waals surface area contributed by atoms with Gasteiger partial charge in [-0.2, -0.15) is 0 Å². The molecule has 0 saturated carbocycles. The van der Waals surface area contributed by atoms with Crippen LogP contribution in [0.5, 0.6) is 0 Å². The second-order valence-electron chi connectivity index (χ2n) is 3.82. The van der Waals surface area contributed by atoms with Crippen molar-refractivity contribution in [2.45, 2.75) is 12.5 Å². The lowest BCUT2D eigenvalue weighted by Crippen LogP contribution is -2.41. The van der Waals surface area contributed by atoms with Gasteiger partial charge in [-0.25, -0.2) is 9.48 Å². The van der Waals surface area contributed by atoms with Crippen molar-refractivity contribution in [2.75, 3.05) is 18.5 Å². The van der Waals surface area contributed by atoms with Gasteiger partial charge in [0.05, 0.1) is 12.6 Å². The number of nitrogens with one attached hydrogen (secondary N) is 1. The Hall–Kier alpha value is -1.63. The molecular weight excluding hydrogens is 212 g/mol. The Balaban J connectivity index is 2.34. The van der Waals surface area contributed by atoms with E-state index in [1.54, 1.807) is 0 Å². The van der Waals surface area contributed by atoms with Crippen LogP contribution in [0.1, 0.15) is 6.42 Å². The van der Waals surface area contributed by atoms with Gasteiger partial charge in [0.15, 0.2) is 0 Å². The van der Waals surface area contributed by atoms with E-state index in [9.17, 15) is 9.59 Å². The number of aryl methyl sites for hydroxylation is 1. The number of rotatable bonds is 2. The molecule has 2 rings (SSSR count). The maximum absolute atomic E-state index is 11.7. The largest absolute Gasteiger partial charge is 0.379 e. The Morgan fingerprint density at radius 3 is 2.81 bits per heavy atom. The Kier molecular flexibility index (Phi) is 2.78. The number of ether oxygens (including phenoxy) is 1. The number of hydrogen-bond acceptors (Lipinski definition) is 5. The quantitative estimate of drug-likeness (QED) is 0.676. The van der Waals surface area contributed by atoms with E-state index < -0.39 is 11.2 Å². The average molecular weight is 226 g/mol. The van der Waals surface area contributed by atoms with Crippen molar-refractivity contribution >= 4 is 5.82 Å². The summed E-state index contributed by atoms with van der Waals surface area (Å²) < 4.78 is 7.36. The fourth-order valence-electron chi connectivity index (χ4n) is 1.63. The Bertz CT molecular complexity index is 498. The molecule has 7 nitrogen and oxygen atoms in total. The third-order valence-corrected chi connectivity index (χ3v) is 2.59. The first-order valence-corrected chi connectivity index (χ1v) is 5.08. The molecule has 1 unspecified atom stereocenters. The van der Waals surface area contributed by atoms with E-state index in [0.29, 0.717) is 13.2 Å². The summed E-state index contributed by atoms with van der Waals surface area (Å²) >= 11 is 0. The van der Waals surface area contributed by atoms with E-state index >= 15 is 0 Å². The Morgan fingerprint density at radius 1 is 1.44 bits per heavy atom. The number of aromatic nitrogens is 3. The van der Waals surface area contributed by atoms with Crippen LogP contribution in [0.3, 0.4) is 0 Å². The van der Waals surface area contributed by atoms with Crippen LogP contribution in [0.2, 0.25) is 0 Å². The molecule has 16 heavy (non-hydrogen) atoms. The molecule has 1 aliphatic heterocycles. The summed E-state index contributed by atoms with van der Waals surface area (Å²) in [5.74, 6) is 0.195. The molecular formula is C9H14N4O3. The van der Waals surface area contributed by atoms with Crippen LogP contribution >= 0.6 is 0 Å². The van der Waals surface area contributed by atoms with Gasteiger partial charge in [-0.05, 0) is 6.42 Å². The first kappa shape index (κ1) is 10.9. The van der Waals surface area contributed by atoms with E-state index in [4.69, 9.17) is 4.74 Å². The molecule has 1 aromatic rings. The molecule has 0 amide bonds. The molecule has 7 heteroatoms. The lowest BCUT2D eigenvalue weighted by Gasteiger charge is -2.11. The molecule has 1 aromatic heterocycles. The third-order valence-electron chi connectivity index (χ3n) is 2.59. The first-order chi connectivity index (χ1) is 7.59. The summed E-state index contributed by atoms with van der Waals surface area (Å²) in [6, 6.07) is 0.0951. The zero-order valence-corrected chi connectivity index (χ0v) is 9.27. The molecule has 1 aliphatic rings. The highest BCUT2D eigenvalue weighted by Crippen LogP contribution is 2.07. The molecule has 1 saturated heterocycles. The SMILES string of the molecule is Cn1nc(NC2CCOC2)c(=O)n(C)c1=O. The van der Waals surface area contributed by atoms with Crippen LogP contribution in [-0.2, 0) is 18.8 Å². The van der Waals surface area contributed by atoms with Gasteiger partial charge in [0.2, 0.25) is 5.82 Å². The standard InChI is InChI=1S/C9H14N4O3/c1-12-8(14)7(11-13(2)9(12)15)10-6-3-4-16-5-6/h6H,3-5H2,1-2H3,(H,10,11). The zero-order valence-electron chi connectivity index (χ0n) is 9.27. The minimum atomic E-state index is -0.432. The minimum Gasteiger partial charge on any atom is -0.379 e. The predicted molar refractivity (Wildman–Crippen MR) is 57.6 cm³/mol. The van der Waals surface area contributed by atoms with E-state index in [1.807, 2.05) is 0 Å². The Morgan fingerprint density at radius 2 is 2.19 bits per heavy atom. The van der Waals surface area contributed by atoms with Crippen molar-refractivity contribution in [1.29, 1.82) is 0 Å². The maximum atomic E-state index is 11.7. The second kappa shape index (κ2) is 4.09. The summed E-state index contributed by atoms with van der Waals surface area (Å²) in [5, 5.41) is 6.89. The molecule has 0 radical (unpaired) electrons. The molecule has 1 atom stereocenters. The predicted octanol–water partition coefficient (Wildman–Crippen LogP) is -1.32. The highest BCUT2D eigenvalue weighted by atomic mass is 16.5. The van der Waals surface area contributed by atoms with Gasteiger partial charge in [-0.3, -0.25) is 9.36 Å². The van der Waals surface area contributed by atoms with Crippen LogP contribution in [0.25, 0.3) is 0 Å². The lowest BCUT2D eigenvalue weighted by molar-refractivity contribution is 0.195. The third kappa shape index (κ3) is 1.85. The van der Waals surface area contributed by atoms with E-state index in [2.05, 4.69) is 10.4 Å². The summed E-state index contributed by atoms with van der Waals surface area (Å²) in [6.45, 7) is 1.25. The van der Waals surface area contributed by atoms with Crippen molar-refractivity contribution in [1.82, 2.24) is 14.3 Å². The van der Waals surface area contributed by atoms with Gasteiger partial charge in [-0.15, -0.1) is 5.10 Å². The summed E-state index contributed by atoms with van der Waals surface area (Å²) in [6.07, 6.45) is 0.841. The van der Waals surface area contributed by atoms with Crippen molar-refractivity contribution in [3.63, 3.8) is 0 Å². The van der Waals surface area contributed by atoms with Crippen LogP contribution in [0.4, 0.5) is 5.82 Å². The van der Waals surface area contributed by atoms with Crippen molar-refractivity contribution in [3.8, 4) is 0 Å². The summed E-state index contributed by atoms with van der Waals surface area (Å²) in [7, 11) is 2.95. The molecule has 0 bridgehead atoms. The fourth-order valence-corrected chi connectivity index (χ4v) is 1.63. The molecule has 0 spiro atoms. The Labute approximate surface area is 91.6 Å². The summed E-state index contributed by atoms with van der Waals surface area (Å²) in [5.41, 5.74) is -0.840. The van der Waals surface area contributed by atoms with Gasteiger partial charge in [-0.1, -0.05) is 0 Å². The normalized spacial score (nSPS) is 20.0. The lowest BCUT2D eigenvalue weighted by atomic mass is 10.3. The van der Waals surface area contributed by atoms with Gasteiger partial charge in [0.25, 0.3) is 5.56 Å². The zero-order chi connectivity index (χ0) is 11.7. The van der Waals surface area contributed by atoms with Crippen LogP contribution < -0.4 is 16.6 Å². The van der Waals surface area contributed by atoms with Gasteiger partial charge in [0.1, 0.15) is 0 Å². The molecule has 1 fully saturated rings. The average Bonchev–Trinajstić information content (AvgIpc) is 2.76. The van der Waals surface area contributed by atoms with Crippen molar-refractivity contribution in [3.05, 3.63) is 20.8 Å². The second-order valence-corrected chi connectivity index (χ2v) is 3.82. The summed E-state index contributed by atoms with van der Waals surface area (Å²) in [4.78, 5) is 23.1. The van der Waals surface area contributed by atoms with Crippen molar-refractivity contribution < 1.29 is 4.74 Å².